The van der Waals surface area contributed by atoms with Crippen LogP contribution in [0.15, 0.2) is 24.3 Å². The standard InChI is InChI=1S/C13H17FN2O2/c1-15(11-4-2-10(14)3-5-11)12-6-8-16(9-7-12)13(17)18/h2-5,12H,6-9H2,1H3,(H,17,18). The first-order valence-corrected chi connectivity index (χ1v) is 6.04. The van der Waals surface area contributed by atoms with E-state index >= 15 is 0 Å². The Labute approximate surface area is 106 Å². The highest BCUT2D eigenvalue weighted by atomic mass is 19.1. The molecule has 0 bridgehead atoms. The van der Waals surface area contributed by atoms with Crippen molar-refractivity contribution < 1.29 is 14.3 Å². The van der Waals surface area contributed by atoms with E-state index in [9.17, 15) is 9.18 Å². The molecule has 1 fully saturated rings. The van der Waals surface area contributed by atoms with E-state index in [1.54, 1.807) is 12.1 Å². The van der Waals surface area contributed by atoms with Crippen LogP contribution in [-0.2, 0) is 0 Å². The largest absolute Gasteiger partial charge is 0.465 e. The molecule has 1 aliphatic heterocycles. The van der Waals surface area contributed by atoms with E-state index in [0.29, 0.717) is 19.1 Å². The summed E-state index contributed by atoms with van der Waals surface area (Å²) in [5, 5.41) is 8.88. The molecule has 98 valence electrons. The topological polar surface area (TPSA) is 43.8 Å². The maximum absolute atomic E-state index is 12.8. The monoisotopic (exact) mass is 252 g/mol. The van der Waals surface area contributed by atoms with Gasteiger partial charge in [0, 0.05) is 31.9 Å². The molecule has 1 aliphatic rings. The van der Waals surface area contributed by atoms with E-state index in [-0.39, 0.29) is 5.82 Å². The number of hydrogen-bond donors (Lipinski definition) is 1. The Balaban J connectivity index is 1.97. The molecule has 0 aromatic heterocycles. The van der Waals surface area contributed by atoms with Crippen molar-refractivity contribution in [3.8, 4) is 0 Å². The van der Waals surface area contributed by atoms with E-state index in [2.05, 4.69) is 4.90 Å². The summed E-state index contributed by atoms with van der Waals surface area (Å²) in [7, 11) is 1.97. The third kappa shape index (κ3) is 2.72. The number of benzene rings is 1. The minimum absolute atomic E-state index is 0.243. The average Bonchev–Trinajstić information content (AvgIpc) is 2.39. The Kier molecular flexibility index (Phi) is 3.69. The third-order valence-corrected chi connectivity index (χ3v) is 3.52. The summed E-state index contributed by atoms with van der Waals surface area (Å²) in [4.78, 5) is 14.3. The van der Waals surface area contributed by atoms with Crippen LogP contribution in [0, 0.1) is 5.82 Å². The van der Waals surface area contributed by atoms with Crippen molar-refractivity contribution in [3.63, 3.8) is 0 Å². The highest BCUT2D eigenvalue weighted by Crippen LogP contribution is 2.22. The highest BCUT2D eigenvalue weighted by molar-refractivity contribution is 5.65. The van der Waals surface area contributed by atoms with Crippen LogP contribution in [0.3, 0.4) is 0 Å². The maximum Gasteiger partial charge on any atom is 0.407 e. The fourth-order valence-electron chi connectivity index (χ4n) is 2.33. The fraction of sp³-hybridized carbons (Fsp3) is 0.462. The predicted molar refractivity (Wildman–Crippen MR) is 67.4 cm³/mol. The van der Waals surface area contributed by atoms with E-state index < -0.39 is 6.09 Å². The highest BCUT2D eigenvalue weighted by Gasteiger charge is 2.24. The molecule has 5 heteroatoms. The Hall–Kier alpha value is -1.78. The molecular weight excluding hydrogens is 235 g/mol. The molecule has 0 spiro atoms. The lowest BCUT2D eigenvalue weighted by Crippen LogP contribution is -2.45. The van der Waals surface area contributed by atoms with Crippen LogP contribution in [0.2, 0.25) is 0 Å². The second-order valence-corrected chi connectivity index (χ2v) is 4.59. The second-order valence-electron chi connectivity index (χ2n) is 4.59. The van der Waals surface area contributed by atoms with Crippen molar-refractivity contribution in [2.75, 3.05) is 25.0 Å². The van der Waals surface area contributed by atoms with Gasteiger partial charge in [0.1, 0.15) is 5.82 Å². The third-order valence-electron chi connectivity index (χ3n) is 3.52. The van der Waals surface area contributed by atoms with Gasteiger partial charge in [-0.15, -0.1) is 0 Å². The first-order chi connectivity index (χ1) is 8.58. The smallest absolute Gasteiger partial charge is 0.407 e. The molecule has 1 saturated heterocycles. The van der Waals surface area contributed by atoms with Gasteiger partial charge in [-0.3, -0.25) is 0 Å². The van der Waals surface area contributed by atoms with Gasteiger partial charge in [-0.25, -0.2) is 9.18 Å². The van der Waals surface area contributed by atoms with Crippen LogP contribution in [0.25, 0.3) is 0 Å². The van der Waals surface area contributed by atoms with Gasteiger partial charge in [-0.1, -0.05) is 0 Å². The van der Waals surface area contributed by atoms with Crippen LogP contribution in [0.5, 0.6) is 0 Å². The summed E-state index contributed by atoms with van der Waals surface area (Å²) in [6.45, 7) is 1.12. The molecule has 0 saturated carbocycles. The molecule has 0 radical (unpaired) electrons. The lowest BCUT2D eigenvalue weighted by molar-refractivity contribution is 0.132. The molecule has 0 unspecified atom stereocenters. The molecule has 1 amide bonds. The number of rotatable bonds is 2. The SMILES string of the molecule is CN(c1ccc(F)cc1)C1CCN(C(=O)O)CC1. The molecule has 1 aromatic carbocycles. The molecule has 2 rings (SSSR count). The van der Waals surface area contributed by atoms with Crippen molar-refractivity contribution in [2.45, 2.75) is 18.9 Å². The number of likely N-dealkylation sites (tertiary alicyclic amines) is 1. The number of hydrogen-bond acceptors (Lipinski definition) is 2. The zero-order chi connectivity index (χ0) is 13.1. The minimum Gasteiger partial charge on any atom is -0.465 e. The number of amides is 1. The van der Waals surface area contributed by atoms with E-state index in [1.807, 2.05) is 7.05 Å². The minimum atomic E-state index is -0.849. The van der Waals surface area contributed by atoms with E-state index in [0.717, 1.165) is 18.5 Å². The number of halogens is 1. The summed E-state index contributed by atoms with van der Waals surface area (Å²) in [5.74, 6) is -0.243. The molecule has 4 nitrogen and oxygen atoms in total. The van der Waals surface area contributed by atoms with Gasteiger partial charge in [0.2, 0.25) is 0 Å². The molecular formula is C13H17FN2O2. The van der Waals surface area contributed by atoms with E-state index in [4.69, 9.17) is 5.11 Å². The van der Waals surface area contributed by atoms with Crippen molar-refractivity contribution >= 4 is 11.8 Å². The van der Waals surface area contributed by atoms with Gasteiger partial charge in [0.25, 0.3) is 0 Å². The second kappa shape index (κ2) is 5.25. The van der Waals surface area contributed by atoms with E-state index in [1.165, 1.54) is 17.0 Å². The quantitative estimate of drug-likeness (QED) is 0.879. The molecule has 0 atom stereocenters. The van der Waals surface area contributed by atoms with Gasteiger partial charge >= 0.3 is 6.09 Å². The van der Waals surface area contributed by atoms with Crippen LogP contribution < -0.4 is 4.90 Å². The zero-order valence-electron chi connectivity index (χ0n) is 10.3. The molecule has 1 aromatic rings. The van der Waals surface area contributed by atoms with Crippen molar-refractivity contribution in [1.82, 2.24) is 4.90 Å². The molecule has 0 aliphatic carbocycles. The predicted octanol–water partition coefficient (Wildman–Crippen LogP) is 2.40. The Morgan fingerprint density at radius 1 is 1.33 bits per heavy atom. The van der Waals surface area contributed by atoms with Gasteiger partial charge in [-0.2, -0.15) is 0 Å². The van der Waals surface area contributed by atoms with Crippen molar-refractivity contribution in [3.05, 3.63) is 30.1 Å². The number of piperidine rings is 1. The number of carboxylic acid groups (broad SMARTS) is 1. The summed E-state index contributed by atoms with van der Waals surface area (Å²) in [6, 6.07) is 6.69. The Morgan fingerprint density at radius 2 is 1.89 bits per heavy atom. The summed E-state index contributed by atoms with van der Waals surface area (Å²) in [5.41, 5.74) is 0.963. The number of nitrogens with zero attached hydrogens (tertiary/aromatic N) is 2. The van der Waals surface area contributed by atoms with Gasteiger partial charge < -0.3 is 14.9 Å². The Bertz CT molecular complexity index is 414. The number of anilines is 1. The normalized spacial score (nSPS) is 16.7. The van der Waals surface area contributed by atoms with Gasteiger partial charge in [-0.05, 0) is 37.1 Å². The first-order valence-electron chi connectivity index (χ1n) is 6.04. The molecule has 1 heterocycles. The summed E-state index contributed by atoms with van der Waals surface area (Å²) >= 11 is 0. The summed E-state index contributed by atoms with van der Waals surface area (Å²) in [6.07, 6.45) is 0.762. The van der Waals surface area contributed by atoms with Crippen molar-refractivity contribution in [2.24, 2.45) is 0 Å². The van der Waals surface area contributed by atoms with Crippen molar-refractivity contribution in [1.29, 1.82) is 0 Å². The first kappa shape index (κ1) is 12.7. The van der Waals surface area contributed by atoms with Crippen LogP contribution in [0.1, 0.15) is 12.8 Å². The average molecular weight is 252 g/mol. The van der Waals surface area contributed by atoms with Crippen LogP contribution >= 0.6 is 0 Å². The van der Waals surface area contributed by atoms with Crippen LogP contribution in [0.4, 0.5) is 14.9 Å². The zero-order valence-corrected chi connectivity index (χ0v) is 10.3. The maximum atomic E-state index is 12.8. The van der Waals surface area contributed by atoms with Crippen LogP contribution in [-0.4, -0.2) is 42.3 Å². The fourth-order valence-corrected chi connectivity index (χ4v) is 2.33. The lowest BCUT2D eigenvalue weighted by atomic mass is 10.0. The van der Waals surface area contributed by atoms with Gasteiger partial charge in [0.15, 0.2) is 0 Å². The van der Waals surface area contributed by atoms with Gasteiger partial charge in [0.05, 0.1) is 0 Å². The Morgan fingerprint density at radius 3 is 2.39 bits per heavy atom. The lowest BCUT2D eigenvalue weighted by Gasteiger charge is -2.36. The summed E-state index contributed by atoms with van der Waals surface area (Å²) < 4.78 is 12.8. The molecule has 1 N–H and O–H groups in total. The molecule has 18 heavy (non-hydrogen) atoms. The number of carbonyl (C=O) groups is 1.